The summed E-state index contributed by atoms with van der Waals surface area (Å²) in [6, 6.07) is 17.1. The fourth-order valence-corrected chi connectivity index (χ4v) is 2.47. The van der Waals surface area contributed by atoms with Crippen molar-refractivity contribution in [2.75, 3.05) is 5.32 Å². The molecule has 0 saturated heterocycles. The van der Waals surface area contributed by atoms with Crippen molar-refractivity contribution < 1.29 is 4.79 Å². The minimum absolute atomic E-state index is 0.0787. The van der Waals surface area contributed by atoms with Gasteiger partial charge in [-0.2, -0.15) is 4.68 Å². The molecule has 1 heterocycles. The average Bonchev–Trinajstić information content (AvgIpc) is 3.09. The highest BCUT2D eigenvalue weighted by Gasteiger charge is 2.13. The number of hydrogen-bond donors (Lipinski definition) is 2. The van der Waals surface area contributed by atoms with Crippen LogP contribution in [0.2, 0.25) is 0 Å². The van der Waals surface area contributed by atoms with Crippen molar-refractivity contribution in [2.24, 2.45) is 0 Å². The molecule has 0 saturated carbocycles. The minimum Gasteiger partial charge on any atom is -0.330 e. The molecule has 3 rings (SSSR count). The van der Waals surface area contributed by atoms with Crippen LogP contribution >= 0.6 is 0 Å². The summed E-state index contributed by atoms with van der Waals surface area (Å²) in [6.07, 6.45) is 0. The molecule has 2 aromatic carbocycles. The molecule has 0 fully saturated rings. The van der Waals surface area contributed by atoms with Gasteiger partial charge in [-0.25, -0.2) is 4.79 Å². The number of nitrogens with zero attached hydrogens (tertiary/aromatic N) is 4. The van der Waals surface area contributed by atoms with Crippen molar-refractivity contribution in [2.45, 2.75) is 32.7 Å². The standard InChI is InChI=1S/C19H22N6O/c1-19(2,3)14-9-11-15(12-10-14)21-18(26)20-13-17-22-23-24-25(17)16-7-5-4-6-8-16/h4-12H,13H2,1-3H3,(H2,20,21,26). The summed E-state index contributed by atoms with van der Waals surface area (Å²) >= 11 is 0. The average molecular weight is 350 g/mol. The number of tetrazole rings is 1. The van der Waals surface area contributed by atoms with Crippen LogP contribution in [0.25, 0.3) is 5.69 Å². The molecule has 0 atom stereocenters. The number of para-hydroxylation sites is 1. The van der Waals surface area contributed by atoms with Crippen LogP contribution in [0.1, 0.15) is 32.2 Å². The zero-order valence-corrected chi connectivity index (χ0v) is 15.1. The number of anilines is 1. The third kappa shape index (κ3) is 4.24. The van der Waals surface area contributed by atoms with Gasteiger partial charge in [-0.1, -0.05) is 51.1 Å². The molecular formula is C19H22N6O. The van der Waals surface area contributed by atoms with E-state index in [1.165, 1.54) is 5.56 Å². The molecule has 134 valence electrons. The molecule has 0 aliphatic rings. The van der Waals surface area contributed by atoms with Crippen LogP contribution in [-0.2, 0) is 12.0 Å². The van der Waals surface area contributed by atoms with Gasteiger partial charge in [0.25, 0.3) is 0 Å². The summed E-state index contributed by atoms with van der Waals surface area (Å²) in [5.74, 6) is 0.550. The molecule has 26 heavy (non-hydrogen) atoms. The first-order valence-corrected chi connectivity index (χ1v) is 8.41. The number of aromatic nitrogens is 4. The highest BCUT2D eigenvalue weighted by molar-refractivity contribution is 5.89. The van der Waals surface area contributed by atoms with Gasteiger partial charge in [0.1, 0.15) is 0 Å². The van der Waals surface area contributed by atoms with E-state index in [0.717, 1.165) is 11.4 Å². The maximum Gasteiger partial charge on any atom is 0.319 e. The molecule has 2 amide bonds. The lowest BCUT2D eigenvalue weighted by Crippen LogP contribution is -2.29. The van der Waals surface area contributed by atoms with Gasteiger partial charge in [0.15, 0.2) is 5.82 Å². The number of amides is 2. The third-order valence-electron chi connectivity index (χ3n) is 3.95. The second kappa shape index (κ2) is 7.35. The van der Waals surface area contributed by atoms with Gasteiger partial charge >= 0.3 is 6.03 Å². The van der Waals surface area contributed by atoms with Gasteiger partial charge in [0.05, 0.1) is 12.2 Å². The second-order valence-corrected chi connectivity index (χ2v) is 6.98. The SMILES string of the molecule is CC(C)(C)c1ccc(NC(=O)NCc2nnnn2-c2ccccc2)cc1. The lowest BCUT2D eigenvalue weighted by molar-refractivity contribution is 0.251. The molecule has 0 spiro atoms. The fourth-order valence-electron chi connectivity index (χ4n) is 2.47. The first-order valence-electron chi connectivity index (χ1n) is 8.41. The van der Waals surface area contributed by atoms with Crippen LogP contribution in [0.3, 0.4) is 0 Å². The van der Waals surface area contributed by atoms with Crippen molar-refractivity contribution in [1.29, 1.82) is 0 Å². The Morgan fingerprint density at radius 3 is 2.38 bits per heavy atom. The summed E-state index contributed by atoms with van der Waals surface area (Å²) in [7, 11) is 0. The lowest BCUT2D eigenvalue weighted by Gasteiger charge is -2.19. The van der Waals surface area contributed by atoms with Crippen LogP contribution in [-0.4, -0.2) is 26.2 Å². The summed E-state index contributed by atoms with van der Waals surface area (Å²) in [5, 5.41) is 17.2. The Hall–Kier alpha value is -3.22. The van der Waals surface area contributed by atoms with Crippen LogP contribution in [0.4, 0.5) is 10.5 Å². The van der Waals surface area contributed by atoms with Gasteiger partial charge in [-0.15, -0.1) is 5.10 Å². The maximum atomic E-state index is 12.1. The normalized spacial score (nSPS) is 11.2. The Labute approximate surface area is 152 Å². The first-order chi connectivity index (χ1) is 12.4. The summed E-state index contributed by atoms with van der Waals surface area (Å²) in [6.45, 7) is 6.67. The van der Waals surface area contributed by atoms with E-state index in [1.807, 2.05) is 54.6 Å². The van der Waals surface area contributed by atoms with Gasteiger partial charge in [-0.05, 0) is 45.7 Å². The first kappa shape index (κ1) is 17.6. The number of nitrogens with one attached hydrogen (secondary N) is 2. The van der Waals surface area contributed by atoms with Crippen molar-refractivity contribution in [3.05, 3.63) is 66.0 Å². The van der Waals surface area contributed by atoms with E-state index >= 15 is 0 Å². The number of urea groups is 1. The number of benzene rings is 2. The molecule has 2 N–H and O–H groups in total. The van der Waals surface area contributed by atoms with Gasteiger partial charge < -0.3 is 10.6 Å². The maximum absolute atomic E-state index is 12.1. The van der Waals surface area contributed by atoms with E-state index in [0.29, 0.717) is 5.82 Å². The number of carbonyl (C=O) groups excluding carboxylic acids is 1. The number of carbonyl (C=O) groups is 1. The third-order valence-corrected chi connectivity index (χ3v) is 3.95. The Bertz CT molecular complexity index is 865. The van der Waals surface area contributed by atoms with E-state index in [2.05, 4.69) is 46.9 Å². The van der Waals surface area contributed by atoms with E-state index in [1.54, 1.807) is 4.68 Å². The van der Waals surface area contributed by atoms with Crippen molar-refractivity contribution >= 4 is 11.7 Å². The van der Waals surface area contributed by atoms with E-state index < -0.39 is 0 Å². The van der Waals surface area contributed by atoms with Gasteiger partial charge in [0.2, 0.25) is 0 Å². The molecule has 0 aliphatic carbocycles. The van der Waals surface area contributed by atoms with E-state index in [4.69, 9.17) is 0 Å². The second-order valence-electron chi connectivity index (χ2n) is 6.98. The zero-order valence-electron chi connectivity index (χ0n) is 15.1. The number of hydrogen-bond acceptors (Lipinski definition) is 4. The lowest BCUT2D eigenvalue weighted by atomic mass is 9.87. The molecule has 0 radical (unpaired) electrons. The molecule has 0 bridgehead atoms. The Kier molecular flexibility index (Phi) is 4.97. The number of rotatable bonds is 4. The van der Waals surface area contributed by atoms with Crippen molar-refractivity contribution in [3.63, 3.8) is 0 Å². The molecule has 7 heteroatoms. The molecule has 0 aliphatic heterocycles. The molecule has 7 nitrogen and oxygen atoms in total. The fraction of sp³-hybridized carbons (Fsp3) is 0.263. The topological polar surface area (TPSA) is 84.7 Å². The van der Waals surface area contributed by atoms with Gasteiger partial charge in [-0.3, -0.25) is 0 Å². The van der Waals surface area contributed by atoms with Crippen LogP contribution in [0.5, 0.6) is 0 Å². The van der Waals surface area contributed by atoms with Crippen molar-refractivity contribution in [1.82, 2.24) is 25.5 Å². The Morgan fingerprint density at radius 2 is 1.73 bits per heavy atom. The summed E-state index contributed by atoms with van der Waals surface area (Å²) in [4.78, 5) is 12.1. The Balaban J connectivity index is 1.59. The highest BCUT2D eigenvalue weighted by Crippen LogP contribution is 2.23. The molecule has 0 unspecified atom stereocenters. The van der Waals surface area contributed by atoms with Crippen LogP contribution < -0.4 is 10.6 Å². The monoisotopic (exact) mass is 350 g/mol. The van der Waals surface area contributed by atoms with Crippen LogP contribution in [0.15, 0.2) is 54.6 Å². The predicted molar refractivity (Wildman–Crippen MR) is 100 cm³/mol. The summed E-state index contributed by atoms with van der Waals surface area (Å²) in [5.41, 5.74) is 2.87. The minimum atomic E-state index is -0.309. The Morgan fingerprint density at radius 1 is 1.04 bits per heavy atom. The predicted octanol–water partition coefficient (Wildman–Crippen LogP) is 3.28. The highest BCUT2D eigenvalue weighted by atomic mass is 16.2. The van der Waals surface area contributed by atoms with Gasteiger partial charge in [0, 0.05) is 5.69 Å². The van der Waals surface area contributed by atoms with E-state index in [-0.39, 0.29) is 18.0 Å². The smallest absolute Gasteiger partial charge is 0.319 e. The largest absolute Gasteiger partial charge is 0.330 e. The van der Waals surface area contributed by atoms with Crippen molar-refractivity contribution in [3.8, 4) is 5.69 Å². The van der Waals surface area contributed by atoms with Crippen LogP contribution in [0, 0.1) is 0 Å². The zero-order chi connectivity index (χ0) is 18.6. The summed E-state index contributed by atoms with van der Waals surface area (Å²) < 4.78 is 1.60. The van der Waals surface area contributed by atoms with E-state index in [9.17, 15) is 4.79 Å². The molecule has 1 aromatic heterocycles. The quantitative estimate of drug-likeness (QED) is 0.756. The molecular weight excluding hydrogens is 328 g/mol. The molecule has 3 aromatic rings.